The molecule has 0 radical (unpaired) electrons. The molecular formula is C31H21NO4. The molecule has 0 bridgehead atoms. The van der Waals surface area contributed by atoms with E-state index in [9.17, 15) is 14.4 Å². The molecule has 1 saturated heterocycles. The van der Waals surface area contributed by atoms with Gasteiger partial charge in [-0.05, 0) is 23.8 Å². The number of para-hydroxylation sites is 1. The van der Waals surface area contributed by atoms with Crippen molar-refractivity contribution < 1.29 is 18.8 Å². The second kappa shape index (κ2) is 7.49. The number of nitrogens with zero attached hydrogens (tertiary/aromatic N) is 1. The second-order valence-corrected chi connectivity index (χ2v) is 9.51. The Kier molecular flexibility index (Phi) is 4.33. The minimum Gasteiger partial charge on any atom is -0.469 e. The Bertz CT molecular complexity index is 1530. The van der Waals surface area contributed by atoms with E-state index < -0.39 is 23.4 Å². The molecule has 1 unspecified atom stereocenters. The molecule has 5 nitrogen and oxygen atoms in total. The molecule has 1 fully saturated rings. The van der Waals surface area contributed by atoms with Crippen molar-refractivity contribution in [3.8, 4) is 0 Å². The largest absolute Gasteiger partial charge is 0.469 e. The quantitative estimate of drug-likeness (QED) is 0.288. The molecule has 1 aromatic heterocycles. The van der Waals surface area contributed by atoms with E-state index in [-0.39, 0.29) is 17.3 Å². The van der Waals surface area contributed by atoms with Crippen LogP contribution in [0.5, 0.6) is 0 Å². The van der Waals surface area contributed by atoms with E-state index in [2.05, 4.69) is 0 Å². The van der Waals surface area contributed by atoms with Crippen LogP contribution in [0.2, 0.25) is 0 Å². The molecule has 3 atom stereocenters. The zero-order chi connectivity index (χ0) is 24.4. The summed E-state index contributed by atoms with van der Waals surface area (Å²) < 4.78 is 5.90. The molecule has 36 heavy (non-hydrogen) atoms. The number of carbonyl (C=O) groups excluding carboxylic acids is 3. The standard InChI is InChI=1S/C31H21NO4/c33-28(20-10-2-1-3-11-20)27-26(24-15-8-18-36-24)31(29(34)21-12-5-6-13-22(21)30(31)35)25-17-16-19-9-4-7-14-23(19)32(25)27/h1-18,25-27H/t25?,26-,27+/m0/s1. The number of carbonyl (C=O) groups is 3. The summed E-state index contributed by atoms with van der Waals surface area (Å²) >= 11 is 0. The average Bonchev–Trinajstić information content (AvgIpc) is 3.62. The Balaban J connectivity index is 1.55. The highest BCUT2D eigenvalue weighted by atomic mass is 16.3. The molecule has 3 aromatic carbocycles. The van der Waals surface area contributed by atoms with Crippen LogP contribution in [0, 0.1) is 5.41 Å². The van der Waals surface area contributed by atoms with Crippen molar-refractivity contribution in [3.05, 3.63) is 131 Å². The summed E-state index contributed by atoms with van der Waals surface area (Å²) in [6, 6.07) is 25.9. The summed E-state index contributed by atoms with van der Waals surface area (Å²) in [6.07, 6.45) is 5.40. The molecule has 174 valence electrons. The van der Waals surface area contributed by atoms with Crippen molar-refractivity contribution in [1.29, 1.82) is 0 Å². The first-order chi connectivity index (χ1) is 17.6. The van der Waals surface area contributed by atoms with Gasteiger partial charge >= 0.3 is 0 Å². The molecule has 1 aliphatic carbocycles. The highest BCUT2D eigenvalue weighted by Crippen LogP contribution is 2.60. The average molecular weight is 472 g/mol. The normalized spacial score (nSPS) is 23.0. The maximum absolute atomic E-state index is 14.4. The van der Waals surface area contributed by atoms with Crippen LogP contribution in [-0.2, 0) is 0 Å². The van der Waals surface area contributed by atoms with Gasteiger partial charge in [0, 0.05) is 22.4 Å². The Hall–Kier alpha value is -4.51. The zero-order valence-corrected chi connectivity index (χ0v) is 19.2. The van der Waals surface area contributed by atoms with Crippen molar-refractivity contribution in [2.45, 2.75) is 18.0 Å². The number of Topliss-reactive ketones (excluding diaryl/α,β-unsaturated/α-hetero) is 3. The summed E-state index contributed by atoms with van der Waals surface area (Å²) in [6.45, 7) is 0. The van der Waals surface area contributed by atoms with E-state index in [1.165, 1.54) is 6.26 Å². The number of hydrogen-bond donors (Lipinski definition) is 0. The summed E-state index contributed by atoms with van der Waals surface area (Å²) in [5.41, 5.74) is 1.56. The fourth-order valence-corrected chi connectivity index (χ4v) is 6.47. The third-order valence-corrected chi connectivity index (χ3v) is 7.89. The van der Waals surface area contributed by atoms with Gasteiger partial charge in [-0.25, -0.2) is 0 Å². The lowest BCUT2D eigenvalue weighted by atomic mass is 9.65. The van der Waals surface area contributed by atoms with Gasteiger partial charge in [-0.1, -0.05) is 84.9 Å². The maximum atomic E-state index is 14.4. The van der Waals surface area contributed by atoms with Crippen LogP contribution in [-0.4, -0.2) is 29.4 Å². The lowest BCUT2D eigenvalue weighted by molar-refractivity contribution is 0.0652. The van der Waals surface area contributed by atoms with Gasteiger partial charge < -0.3 is 9.32 Å². The van der Waals surface area contributed by atoms with E-state index in [1.807, 2.05) is 59.5 Å². The van der Waals surface area contributed by atoms with E-state index in [0.29, 0.717) is 22.5 Å². The number of benzene rings is 3. The monoisotopic (exact) mass is 471 g/mol. The zero-order valence-electron chi connectivity index (χ0n) is 19.2. The number of rotatable bonds is 3. The number of ketones is 3. The number of anilines is 1. The van der Waals surface area contributed by atoms with Gasteiger partial charge in [0.25, 0.3) is 0 Å². The summed E-state index contributed by atoms with van der Waals surface area (Å²) in [5, 5.41) is 0. The SMILES string of the molecule is O=C(c1ccccc1)[C@H]1[C@H](c2ccco2)C2(C(=O)c3ccccc3C2=O)C2C=Cc3ccccc3N21. The van der Waals surface area contributed by atoms with E-state index in [1.54, 1.807) is 48.5 Å². The Morgan fingerprint density at radius 1 is 0.778 bits per heavy atom. The predicted molar refractivity (Wildman–Crippen MR) is 135 cm³/mol. The molecule has 1 spiro atoms. The number of fused-ring (bicyclic) bond motifs is 5. The van der Waals surface area contributed by atoms with Crippen LogP contribution < -0.4 is 4.90 Å². The Morgan fingerprint density at radius 2 is 1.44 bits per heavy atom. The van der Waals surface area contributed by atoms with E-state index in [0.717, 1.165) is 11.3 Å². The Labute approximate surface area is 207 Å². The number of furan rings is 1. The van der Waals surface area contributed by atoms with Crippen molar-refractivity contribution in [3.63, 3.8) is 0 Å². The molecule has 4 aromatic rings. The van der Waals surface area contributed by atoms with Gasteiger partial charge in [0.2, 0.25) is 0 Å². The molecule has 3 aliphatic rings. The van der Waals surface area contributed by atoms with Crippen molar-refractivity contribution in [1.82, 2.24) is 0 Å². The molecule has 3 heterocycles. The minimum absolute atomic E-state index is 0.152. The Morgan fingerprint density at radius 3 is 2.14 bits per heavy atom. The van der Waals surface area contributed by atoms with Crippen molar-refractivity contribution in [2.75, 3.05) is 4.90 Å². The van der Waals surface area contributed by atoms with Crippen LogP contribution in [0.15, 0.2) is 108 Å². The van der Waals surface area contributed by atoms with Crippen LogP contribution in [0.1, 0.15) is 48.3 Å². The van der Waals surface area contributed by atoms with Crippen LogP contribution in [0.3, 0.4) is 0 Å². The van der Waals surface area contributed by atoms with Crippen LogP contribution >= 0.6 is 0 Å². The second-order valence-electron chi connectivity index (χ2n) is 9.51. The maximum Gasteiger partial charge on any atom is 0.186 e. The number of hydrogen-bond acceptors (Lipinski definition) is 5. The highest BCUT2D eigenvalue weighted by Gasteiger charge is 2.72. The molecule has 0 saturated carbocycles. The van der Waals surface area contributed by atoms with Crippen molar-refractivity contribution >= 4 is 29.1 Å². The van der Waals surface area contributed by atoms with Gasteiger partial charge in [0.05, 0.1) is 18.2 Å². The lowest BCUT2D eigenvalue weighted by Crippen LogP contribution is -2.48. The van der Waals surface area contributed by atoms with Crippen LogP contribution in [0.4, 0.5) is 5.69 Å². The molecular weight excluding hydrogens is 450 g/mol. The summed E-state index contributed by atoms with van der Waals surface area (Å²) in [7, 11) is 0. The molecule has 5 heteroatoms. The molecule has 0 amide bonds. The van der Waals surface area contributed by atoms with Gasteiger partial charge in [-0.15, -0.1) is 0 Å². The minimum atomic E-state index is -1.53. The third kappa shape index (κ3) is 2.52. The molecule has 7 rings (SSSR count). The lowest BCUT2D eigenvalue weighted by Gasteiger charge is -2.37. The smallest absolute Gasteiger partial charge is 0.186 e. The van der Waals surface area contributed by atoms with Gasteiger partial charge in [0.1, 0.15) is 17.2 Å². The third-order valence-electron chi connectivity index (χ3n) is 7.89. The first-order valence-electron chi connectivity index (χ1n) is 12.0. The van der Waals surface area contributed by atoms with E-state index in [4.69, 9.17) is 4.42 Å². The first kappa shape index (κ1) is 20.8. The first-order valence-corrected chi connectivity index (χ1v) is 12.0. The summed E-state index contributed by atoms with van der Waals surface area (Å²) in [4.78, 5) is 45.0. The fourth-order valence-electron chi connectivity index (χ4n) is 6.47. The van der Waals surface area contributed by atoms with Gasteiger partial charge in [-0.3, -0.25) is 14.4 Å². The topological polar surface area (TPSA) is 67.6 Å². The van der Waals surface area contributed by atoms with E-state index >= 15 is 0 Å². The predicted octanol–water partition coefficient (Wildman–Crippen LogP) is 5.60. The van der Waals surface area contributed by atoms with Gasteiger partial charge in [0.15, 0.2) is 17.3 Å². The van der Waals surface area contributed by atoms with Crippen LogP contribution in [0.25, 0.3) is 6.08 Å². The molecule has 0 N–H and O–H groups in total. The van der Waals surface area contributed by atoms with Gasteiger partial charge in [-0.2, -0.15) is 0 Å². The fraction of sp³-hybridized carbons (Fsp3) is 0.129. The summed E-state index contributed by atoms with van der Waals surface area (Å²) in [5.74, 6) is -1.02. The molecule has 2 aliphatic heterocycles. The highest BCUT2D eigenvalue weighted by molar-refractivity contribution is 6.32. The van der Waals surface area contributed by atoms with Crippen molar-refractivity contribution in [2.24, 2.45) is 5.41 Å².